The number of hydrogen-bond acceptors (Lipinski definition) is 1. The molecular weight excluding hydrogens is 544 g/mol. The Morgan fingerprint density at radius 3 is 1.93 bits per heavy atom. The average molecular weight is 577 g/mol. The van der Waals surface area contributed by atoms with Crippen molar-refractivity contribution in [1.29, 1.82) is 0 Å². The van der Waals surface area contributed by atoms with Crippen LogP contribution in [0.4, 0.5) is 0 Å². The molecule has 0 N–H and O–H groups in total. The van der Waals surface area contributed by atoms with E-state index in [9.17, 15) is 0 Å². The van der Waals surface area contributed by atoms with Gasteiger partial charge >= 0.3 is 0 Å². The molecule has 0 fully saturated rings. The van der Waals surface area contributed by atoms with Crippen molar-refractivity contribution in [2.45, 2.75) is 25.7 Å². The van der Waals surface area contributed by atoms with Gasteiger partial charge in [-0.25, -0.2) is 4.98 Å². The van der Waals surface area contributed by atoms with Crippen molar-refractivity contribution in [2.75, 3.05) is 0 Å². The van der Waals surface area contributed by atoms with Crippen LogP contribution in [-0.2, 0) is 6.42 Å². The Balaban J connectivity index is 1.24. The minimum Gasteiger partial charge on any atom is -0.293 e. The lowest BCUT2D eigenvalue weighted by Gasteiger charge is -2.18. The van der Waals surface area contributed by atoms with Crippen LogP contribution in [0, 0.1) is 0 Å². The smallest absolute Gasteiger partial charge is 0.145 e. The highest BCUT2D eigenvalue weighted by Gasteiger charge is 2.21. The van der Waals surface area contributed by atoms with Crippen molar-refractivity contribution in [3.63, 3.8) is 0 Å². The fraction of sp³-hybridized carbons (Fsp3) is 0.0930. The maximum absolute atomic E-state index is 5.14. The van der Waals surface area contributed by atoms with Gasteiger partial charge in [-0.05, 0) is 104 Å². The van der Waals surface area contributed by atoms with E-state index in [1.54, 1.807) is 0 Å². The highest BCUT2D eigenvalue weighted by atomic mass is 15.1. The largest absolute Gasteiger partial charge is 0.293 e. The van der Waals surface area contributed by atoms with E-state index in [2.05, 4.69) is 150 Å². The van der Waals surface area contributed by atoms with Gasteiger partial charge in [0.1, 0.15) is 5.82 Å². The summed E-state index contributed by atoms with van der Waals surface area (Å²) in [5.41, 5.74) is 9.83. The lowest BCUT2D eigenvalue weighted by Crippen LogP contribution is -2.31. The van der Waals surface area contributed by atoms with Crippen LogP contribution < -0.4 is 10.4 Å². The molecule has 2 nitrogen and oxygen atoms in total. The summed E-state index contributed by atoms with van der Waals surface area (Å²) in [6, 6.07) is 44.3. The molecule has 2 aliphatic rings. The lowest BCUT2D eigenvalue weighted by molar-refractivity contribution is 0.936. The highest BCUT2D eigenvalue weighted by molar-refractivity contribution is 6.06. The first kappa shape index (κ1) is 26.0. The first-order chi connectivity index (χ1) is 22.3. The molecule has 6 aromatic carbocycles. The minimum atomic E-state index is 0.977. The standard InChI is InChI=1S/C43H32N2/c1-2-13-31(14-3-1)43-44-39-20-10-11-21-40(39)45(43)34-26-24-30(25-27-34)41-35-16-6-8-18-37(35)42(38-19-9-7-17-36(38)41)33-23-22-29-12-4-5-15-32(29)28-33/h1-6,8,11-19,21-28H,7,9-10,20H2. The van der Waals surface area contributed by atoms with Gasteiger partial charge in [0.05, 0.1) is 11.4 Å². The predicted molar refractivity (Wildman–Crippen MR) is 190 cm³/mol. The van der Waals surface area contributed by atoms with Gasteiger partial charge in [-0.2, -0.15) is 0 Å². The summed E-state index contributed by atoms with van der Waals surface area (Å²) in [5, 5.41) is 7.86. The third-order valence-electron chi connectivity index (χ3n) is 9.46. The quantitative estimate of drug-likeness (QED) is 0.204. The molecule has 2 heteroatoms. The summed E-state index contributed by atoms with van der Waals surface area (Å²) in [4.78, 5) is 5.14. The molecule has 2 aliphatic carbocycles. The van der Waals surface area contributed by atoms with Crippen LogP contribution in [-0.4, -0.2) is 9.55 Å². The van der Waals surface area contributed by atoms with Gasteiger partial charge in [0, 0.05) is 11.3 Å². The number of nitrogens with zero attached hydrogens (tertiary/aromatic N) is 2. The van der Waals surface area contributed by atoms with Crippen LogP contribution in [0.3, 0.4) is 0 Å². The maximum atomic E-state index is 5.14. The van der Waals surface area contributed by atoms with Crippen LogP contribution >= 0.6 is 0 Å². The first-order valence-electron chi connectivity index (χ1n) is 16.0. The number of benzene rings is 6. The Morgan fingerprint density at radius 1 is 0.533 bits per heavy atom. The lowest BCUT2D eigenvalue weighted by atomic mass is 9.86. The van der Waals surface area contributed by atoms with Crippen LogP contribution in [0.1, 0.15) is 30.7 Å². The molecule has 0 saturated carbocycles. The molecular formula is C43H32N2. The van der Waals surface area contributed by atoms with Gasteiger partial charge in [-0.1, -0.05) is 121 Å². The number of imidazole rings is 1. The Morgan fingerprint density at radius 2 is 1.18 bits per heavy atom. The van der Waals surface area contributed by atoms with E-state index in [1.807, 2.05) is 0 Å². The van der Waals surface area contributed by atoms with Gasteiger partial charge in [0.25, 0.3) is 0 Å². The molecule has 45 heavy (non-hydrogen) atoms. The zero-order valence-corrected chi connectivity index (χ0v) is 25.1. The molecule has 0 radical (unpaired) electrons. The van der Waals surface area contributed by atoms with Crippen LogP contribution in [0.25, 0.3) is 79.1 Å². The average Bonchev–Trinajstić information content (AvgIpc) is 3.51. The Bertz CT molecular complexity index is 2410. The summed E-state index contributed by atoms with van der Waals surface area (Å²) in [7, 11) is 0. The molecule has 0 atom stereocenters. The SMILES string of the molecule is C1=Cc2c(nc(-c3ccccc3)n2-c2ccc(-c3c4c(c(-c5ccc6ccccc6c5)c5ccccc35)=CCCC=4)cc2)CC1. The van der Waals surface area contributed by atoms with Crippen molar-refractivity contribution in [3.8, 4) is 39.3 Å². The number of hydrogen-bond donors (Lipinski definition) is 0. The van der Waals surface area contributed by atoms with E-state index in [0.29, 0.717) is 0 Å². The number of allylic oxidation sites excluding steroid dienone is 1. The highest BCUT2D eigenvalue weighted by Crippen LogP contribution is 2.35. The molecule has 7 aromatic rings. The predicted octanol–water partition coefficient (Wildman–Crippen LogP) is 9.49. The number of aryl methyl sites for hydroxylation is 1. The number of fused-ring (bicyclic) bond motifs is 4. The monoisotopic (exact) mass is 576 g/mol. The summed E-state index contributed by atoms with van der Waals surface area (Å²) < 4.78 is 2.33. The molecule has 0 unspecified atom stereocenters. The summed E-state index contributed by atoms with van der Waals surface area (Å²) in [6.07, 6.45) is 13.6. The molecule has 0 spiro atoms. The van der Waals surface area contributed by atoms with Crippen LogP contribution in [0.5, 0.6) is 0 Å². The molecule has 9 rings (SSSR count). The molecule has 0 amide bonds. The number of rotatable bonds is 4. The second kappa shape index (κ2) is 10.6. The van der Waals surface area contributed by atoms with Gasteiger partial charge < -0.3 is 0 Å². The van der Waals surface area contributed by atoms with E-state index in [1.165, 1.54) is 65.6 Å². The molecule has 0 saturated heterocycles. The Hall–Kier alpha value is -5.47. The van der Waals surface area contributed by atoms with Gasteiger partial charge in [-0.3, -0.25) is 4.57 Å². The van der Waals surface area contributed by atoms with E-state index in [0.717, 1.165) is 42.8 Å². The first-order valence-corrected chi connectivity index (χ1v) is 16.0. The van der Waals surface area contributed by atoms with Crippen molar-refractivity contribution >= 4 is 39.8 Å². The van der Waals surface area contributed by atoms with Crippen LogP contribution in [0.15, 0.2) is 127 Å². The van der Waals surface area contributed by atoms with Crippen molar-refractivity contribution in [3.05, 3.63) is 149 Å². The van der Waals surface area contributed by atoms with E-state index >= 15 is 0 Å². The Labute approximate surface area is 263 Å². The third-order valence-corrected chi connectivity index (χ3v) is 9.46. The van der Waals surface area contributed by atoms with Gasteiger partial charge in [-0.15, -0.1) is 0 Å². The van der Waals surface area contributed by atoms with Crippen molar-refractivity contribution < 1.29 is 0 Å². The maximum Gasteiger partial charge on any atom is 0.145 e. The van der Waals surface area contributed by atoms with E-state index < -0.39 is 0 Å². The third kappa shape index (κ3) is 4.29. The fourth-order valence-corrected chi connectivity index (χ4v) is 7.39. The van der Waals surface area contributed by atoms with Gasteiger partial charge in [0.2, 0.25) is 0 Å². The molecule has 214 valence electrons. The fourth-order valence-electron chi connectivity index (χ4n) is 7.39. The second-order valence-corrected chi connectivity index (χ2v) is 12.1. The zero-order chi connectivity index (χ0) is 29.7. The second-order valence-electron chi connectivity index (χ2n) is 12.1. The Kier molecular flexibility index (Phi) is 6.12. The topological polar surface area (TPSA) is 17.8 Å². The normalized spacial score (nSPS) is 13.7. The van der Waals surface area contributed by atoms with Crippen LogP contribution in [0.2, 0.25) is 0 Å². The molecule has 0 aliphatic heterocycles. The van der Waals surface area contributed by atoms with Gasteiger partial charge in [0.15, 0.2) is 0 Å². The minimum absolute atomic E-state index is 0.977. The van der Waals surface area contributed by atoms with Crippen molar-refractivity contribution in [1.82, 2.24) is 9.55 Å². The molecule has 1 aromatic heterocycles. The summed E-state index contributed by atoms with van der Waals surface area (Å²) in [6.45, 7) is 0. The zero-order valence-electron chi connectivity index (χ0n) is 25.1. The molecule has 0 bridgehead atoms. The summed E-state index contributed by atoms with van der Waals surface area (Å²) in [5.74, 6) is 1.01. The van der Waals surface area contributed by atoms with E-state index in [-0.39, 0.29) is 0 Å². The number of aromatic nitrogens is 2. The van der Waals surface area contributed by atoms with E-state index in [4.69, 9.17) is 4.98 Å². The summed E-state index contributed by atoms with van der Waals surface area (Å²) >= 11 is 0. The molecule has 1 heterocycles. The van der Waals surface area contributed by atoms with Crippen molar-refractivity contribution in [2.24, 2.45) is 0 Å².